The highest BCUT2D eigenvalue weighted by molar-refractivity contribution is 6.36. The minimum absolute atomic E-state index is 0.156. The van der Waals surface area contributed by atoms with Crippen LogP contribution in [0.25, 0.3) is 11.0 Å². The van der Waals surface area contributed by atoms with E-state index in [1.807, 2.05) is 19.9 Å². The maximum absolute atomic E-state index is 12.3. The van der Waals surface area contributed by atoms with Crippen molar-refractivity contribution in [1.82, 2.24) is 0 Å². The molecule has 3 rings (SSSR count). The molecule has 5 heteroatoms. The number of halogens is 2. The molecule has 0 unspecified atom stereocenters. The highest BCUT2D eigenvalue weighted by atomic mass is 35.5. The van der Waals surface area contributed by atoms with E-state index in [1.165, 1.54) is 0 Å². The number of rotatable bonds is 3. The van der Waals surface area contributed by atoms with Gasteiger partial charge in [0.2, 0.25) is 5.91 Å². The molecule has 118 valence electrons. The van der Waals surface area contributed by atoms with Gasteiger partial charge in [0, 0.05) is 16.0 Å². The van der Waals surface area contributed by atoms with E-state index in [-0.39, 0.29) is 12.3 Å². The van der Waals surface area contributed by atoms with E-state index in [0.717, 1.165) is 27.7 Å². The van der Waals surface area contributed by atoms with Crippen molar-refractivity contribution >= 4 is 45.8 Å². The maximum atomic E-state index is 12.3. The summed E-state index contributed by atoms with van der Waals surface area (Å²) in [7, 11) is 0. The molecule has 0 aliphatic rings. The van der Waals surface area contributed by atoms with Crippen LogP contribution in [-0.2, 0) is 11.2 Å². The van der Waals surface area contributed by atoms with Crippen LogP contribution in [0.3, 0.4) is 0 Å². The zero-order chi connectivity index (χ0) is 16.6. The molecule has 0 spiro atoms. The van der Waals surface area contributed by atoms with Crippen molar-refractivity contribution in [2.75, 3.05) is 5.32 Å². The largest absolute Gasteiger partial charge is 0.464 e. The van der Waals surface area contributed by atoms with Gasteiger partial charge in [-0.2, -0.15) is 0 Å². The molecule has 2 aromatic carbocycles. The topological polar surface area (TPSA) is 42.2 Å². The van der Waals surface area contributed by atoms with E-state index in [9.17, 15) is 4.79 Å². The Morgan fingerprint density at radius 2 is 1.96 bits per heavy atom. The fourth-order valence-corrected chi connectivity index (χ4v) is 3.17. The normalized spacial score (nSPS) is 11.0. The van der Waals surface area contributed by atoms with Gasteiger partial charge in [-0.05, 0) is 49.2 Å². The van der Waals surface area contributed by atoms with Gasteiger partial charge in [0.15, 0.2) is 0 Å². The molecule has 0 bridgehead atoms. The number of hydrogen-bond acceptors (Lipinski definition) is 2. The number of carbonyl (C=O) groups is 1. The van der Waals surface area contributed by atoms with Crippen LogP contribution in [0.4, 0.5) is 5.69 Å². The lowest BCUT2D eigenvalue weighted by atomic mass is 10.0. The van der Waals surface area contributed by atoms with Gasteiger partial charge in [-0.3, -0.25) is 4.79 Å². The van der Waals surface area contributed by atoms with Gasteiger partial charge < -0.3 is 9.73 Å². The molecular formula is C18H15Cl2NO2. The summed E-state index contributed by atoms with van der Waals surface area (Å²) in [6.45, 7) is 4.03. The Kier molecular flexibility index (Phi) is 4.33. The minimum atomic E-state index is -0.156. The second-order valence-corrected chi connectivity index (χ2v) is 6.41. The molecule has 1 aromatic heterocycles. The van der Waals surface area contributed by atoms with Gasteiger partial charge in [0.05, 0.1) is 23.4 Å². The summed E-state index contributed by atoms with van der Waals surface area (Å²) in [4.78, 5) is 12.3. The fraction of sp³-hybridized carbons (Fsp3) is 0.167. The third kappa shape index (κ3) is 3.36. The molecule has 3 aromatic rings. The second-order valence-electron chi connectivity index (χ2n) is 5.57. The molecule has 0 saturated heterocycles. The van der Waals surface area contributed by atoms with E-state index < -0.39 is 0 Å². The van der Waals surface area contributed by atoms with Crippen molar-refractivity contribution < 1.29 is 9.21 Å². The smallest absolute Gasteiger partial charge is 0.228 e. The third-order valence-corrected chi connectivity index (χ3v) is 4.20. The molecule has 0 aliphatic heterocycles. The Hall–Kier alpha value is -1.97. The first-order valence-electron chi connectivity index (χ1n) is 7.16. The Morgan fingerprint density at radius 3 is 2.70 bits per heavy atom. The van der Waals surface area contributed by atoms with E-state index in [0.29, 0.717) is 15.7 Å². The first-order chi connectivity index (χ1) is 10.9. The summed E-state index contributed by atoms with van der Waals surface area (Å²) >= 11 is 11.9. The highest BCUT2D eigenvalue weighted by Gasteiger charge is 2.14. The Labute approximate surface area is 144 Å². The van der Waals surface area contributed by atoms with Crippen LogP contribution in [0.2, 0.25) is 10.0 Å². The van der Waals surface area contributed by atoms with Crippen LogP contribution in [0.1, 0.15) is 16.7 Å². The molecule has 0 saturated carbocycles. The van der Waals surface area contributed by atoms with E-state index >= 15 is 0 Å². The van der Waals surface area contributed by atoms with Crippen molar-refractivity contribution in [3.05, 3.63) is 63.3 Å². The molecule has 1 heterocycles. The summed E-state index contributed by atoms with van der Waals surface area (Å²) in [6, 6.07) is 9.02. The number of hydrogen-bond donors (Lipinski definition) is 1. The van der Waals surface area contributed by atoms with Crippen LogP contribution in [0, 0.1) is 13.8 Å². The van der Waals surface area contributed by atoms with Crippen LogP contribution in [-0.4, -0.2) is 5.91 Å². The number of nitrogens with one attached hydrogen (secondary N) is 1. The number of fused-ring (bicyclic) bond motifs is 1. The number of amides is 1. The molecular weight excluding hydrogens is 333 g/mol. The Morgan fingerprint density at radius 1 is 1.17 bits per heavy atom. The van der Waals surface area contributed by atoms with Crippen LogP contribution < -0.4 is 5.32 Å². The second kappa shape index (κ2) is 6.26. The molecule has 0 radical (unpaired) electrons. The van der Waals surface area contributed by atoms with Crippen molar-refractivity contribution in [2.24, 2.45) is 0 Å². The van der Waals surface area contributed by atoms with Crippen molar-refractivity contribution in [3.8, 4) is 0 Å². The maximum Gasteiger partial charge on any atom is 0.228 e. The SMILES string of the molecule is Cc1cc(C)c2c(CC(=O)Nc3ccc(Cl)cc3Cl)coc2c1. The molecule has 1 amide bonds. The van der Waals surface area contributed by atoms with Gasteiger partial charge in [0.25, 0.3) is 0 Å². The van der Waals surface area contributed by atoms with Crippen molar-refractivity contribution in [2.45, 2.75) is 20.3 Å². The Bertz CT molecular complexity index is 899. The van der Waals surface area contributed by atoms with Gasteiger partial charge in [-0.15, -0.1) is 0 Å². The average Bonchev–Trinajstić information content (AvgIpc) is 2.85. The molecule has 0 aliphatic carbocycles. The van der Waals surface area contributed by atoms with Crippen LogP contribution in [0.15, 0.2) is 41.0 Å². The summed E-state index contributed by atoms with van der Waals surface area (Å²) in [6.07, 6.45) is 1.86. The van der Waals surface area contributed by atoms with Crippen molar-refractivity contribution in [1.29, 1.82) is 0 Å². The number of carbonyl (C=O) groups excluding carboxylic acids is 1. The molecule has 23 heavy (non-hydrogen) atoms. The quantitative estimate of drug-likeness (QED) is 0.675. The predicted molar refractivity (Wildman–Crippen MR) is 94.5 cm³/mol. The zero-order valence-corrected chi connectivity index (χ0v) is 14.3. The van der Waals surface area contributed by atoms with E-state index in [2.05, 4.69) is 11.4 Å². The van der Waals surface area contributed by atoms with Crippen LogP contribution in [0.5, 0.6) is 0 Å². The monoisotopic (exact) mass is 347 g/mol. The lowest BCUT2D eigenvalue weighted by Crippen LogP contribution is -2.14. The average molecular weight is 348 g/mol. The standard InChI is InChI=1S/C18H15Cl2NO2/c1-10-5-11(2)18-12(9-23-16(18)6-10)7-17(22)21-15-4-3-13(19)8-14(15)20/h3-6,8-9H,7H2,1-2H3,(H,21,22). The molecule has 1 N–H and O–H groups in total. The number of aryl methyl sites for hydroxylation is 2. The summed E-state index contributed by atoms with van der Waals surface area (Å²) < 4.78 is 5.58. The summed E-state index contributed by atoms with van der Waals surface area (Å²) in [5.41, 5.74) is 4.44. The lowest BCUT2D eigenvalue weighted by Gasteiger charge is -2.07. The summed E-state index contributed by atoms with van der Waals surface area (Å²) in [5.74, 6) is -0.156. The molecule has 0 atom stereocenters. The molecule has 3 nitrogen and oxygen atoms in total. The van der Waals surface area contributed by atoms with E-state index in [4.69, 9.17) is 27.6 Å². The number of benzene rings is 2. The first kappa shape index (κ1) is 15.9. The fourth-order valence-electron chi connectivity index (χ4n) is 2.71. The Balaban J connectivity index is 1.83. The van der Waals surface area contributed by atoms with Gasteiger partial charge in [-0.25, -0.2) is 0 Å². The van der Waals surface area contributed by atoms with Gasteiger partial charge >= 0.3 is 0 Å². The minimum Gasteiger partial charge on any atom is -0.464 e. The number of furan rings is 1. The zero-order valence-electron chi connectivity index (χ0n) is 12.7. The third-order valence-electron chi connectivity index (χ3n) is 3.65. The molecule has 0 fully saturated rings. The number of anilines is 1. The van der Waals surface area contributed by atoms with Crippen LogP contribution >= 0.6 is 23.2 Å². The van der Waals surface area contributed by atoms with Gasteiger partial charge in [0.1, 0.15) is 5.58 Å². The predicted octanol–water partition coefficient (Wildman–Crippen LogP) is 5.54. The van der Waals surface area contributed by atoms with Gasteiger partial charge in [-0.1, -0.05) is 29.3 Å². The highest BCUT2D eigenvalue weighted by Crippen LogP contribution is 2.28. The van der Waals surface area contributed by atoms with E-state index in [1.54, 1.807) is 24.5 Å². The first-order valence-corrected chi connectivity index (χ1v) is 7.92. The van der Waals surface area contributed by atoms with Crippen molar-refractivity contribution in [3.63, 3.8) is 0 Å². The summed E-state index contributed by atoms with van der Waals surface area (Å²) in [5, 5.41) is 4.73. The lowest BCUT2D eigenvalue weighted by molar-refractivity contribution is -0.115.